The summed E-state index contributed by atoms with van der Waals surface area (Å²) in [4.78, 5) is 0. The molecule has 2 rings (SSSR count). The van der Waals surface area contributed by atoms with Crippen LogP contribution in [0.5, 0.6) is 0 Å². The predicted octanol–water partition coefficient (Wildman–Crippen LogP) is 3.97. The number of benzene rings is 1. The van der Waals surface area contributed by atoms with E-state index < -0.39 is 0 Å². The molecule has 0 spiro atoms. The van der Waals surface area contributed by atoms with E-state index >= 15 is 0 Å². The molecule has 0 N–H and O–H groups in total. The summed E-state index contributed by atoms with van der Waals surface area (Å²) in [6.07, 6.45) is 4.32. The first kappa shape index (κ1) is 9.68. The van der Waals surface area contributed by atoms with Crippen LogP contribution in [0.25, 0.3) is 5.57 Å². The van der Waals surface area contributed by atoms with E-state index in [1.54, 1.807) is 0 Å². The van der Waals surface area contributed by atoms with Crippen LogP contribution in [0.1, 0.15) is 30.6 Å². The van der Waals surface area contributed by atoms with Gasteiger partial charge in [-0.25, -0.2) is 0 Å². The minimum absolute atomic E-state index is 0.498. The van der Waals surface area contributed by atoms with Crippen LogP contribution in [-0.2, 0) is 0 Å². The van der Waals surface area contributed by atoms with E-state index in [1.807, 2.05) is 0 Å². The third kappa shape index (κ3) is 1.35. The predicted molar refractivity (Wildman–Crippen MR) is 66.3 cm³/mol. The summed E-state index contributed by atoms with van der Waals surface area (Å²) in [5.41, 5.74) is 6.17. The summed E-state index contributed by atoms with van der Waals surface area (Å²) < 4.78 is 0. The number of rotatable bonds is 1. The van der Waals surface area contributed by atoms with Crippen molar-refractivity contribution in [1.29, 1.82) is 0 Å². The molecule has 72 valence electrons. The van der Waals surface area contributed by atoms with Gasteiger partial charge in [-0.1, -0.05) is 42.0 Å². The quantitative estimate of drug-likeness (QED) is 0.604. The van der Waals surface area contributed by atoms with Crippen molar-refractivity contribution in [1.82, 2.24) is 0 Å². The molecule has 0 nitrogen and oxygen atoms in total. The van der Waals surface area contributed by atoms with E-state index in [0.29, 0.717) is 5.66 Å². The van der Waals surface area contributed by atoms with E-state index in [2.05, 4.69) is 59.5 Å². The minimum atomic E-state index is 0.498. The SMILES string of the molecule is C/C=C\C1=C(C)C(P)c2ccccc21. The summed E-state index contributed by atoms with van der Waals surface area (Å²) in [5, 5.41) is 0. The lowest BCUT2D eigenvalue weighted by atomic mass is 10.1. The molecule has 0 amide bonds. The number of hydrogen-bond donors (Lipinski definition) is 0. The molecule has 0 aliphatic heterocycles. The molecular formula is C13H15P. The van der Waals surface area contributed by atoms with Crippen LogP contribution in [0.2, 0.25) is 0 Å². The smallest absolute Gasteiger partial charge is 0.0205 e. The van der Waals surface area contributed by atoms with Crippen LogP contribution in [0.4, 0.5) is 0 Å². The van der Waals surface area contributed by atoms with Crippen LogP contribution >= 0.6 is 9.24 Å². The van der Waals surface area contributed by atoms with Crippen molar-refractivity contribution in [3.63, 3.8) is 0 Å². The largest absolute Gasteiger partial charge is 0.125 e. The topological polar surface area (TPSA) is 0 Å². The fourth-order valence-electron chi connectivity index (χ4n) is 2.01. The first-order chi connectivity index (χ1) is 6.75. The van der Waals surface area contributed by atoms with Crippen LogP contribution in [0, 0.1) is 0 Å². The lowest BCUT2D eigenvalue weighted by Crippen LogP contribution is -1.84. The standard InChI is InChI=1S/C13H15P/c1-3-6-10-9(2)13(14)12-8-5-4-7-11(10)12/h3-8,13H,14H2,1-2H3/b6-3-. The van der Waals surface area contributed by atoms with Crippen LogP contribution in [0.15, 0.2) is 42.0 Å². The van der Waals surface area contributed by atoms with Crippen molar-refractivity contribution in [3.8, 4) is 0 Å². The second kappa shape index (κ2) is 3.71. The molecule has 0 fully saturated rings. The molecule has 0 saturated heterocycles. The zero-order chi connectivity index (χ0) is 10.1. The van der Waals surface area contributed by atoms with Crippen molar-refractivity contribution in [3.05, 3.63) is 53.1 Å². The van der Waals surface area contributed by atoms with Gasteiger partial charge in [0, 0.05) is 5.66 Å². The van der Waals surface area contributed by atoms with Crippen molar-refractivity contribution < 1.29 is 0 Å². The van der Waals surface area contributed by atoms with Gasteiger partial charge in [0.1, 0.15) is 0 Å². The Labute approximate surface area is 87.9 Å². The van der Waals surface area contributed by atoms with Gasteiger partial charge in [0.05, 0.1) is 0 Å². The Morgan fingerprint density at radius 2 is 2.00 bits per heavy atom. The van der Waals surface area contributed by atoms with E-state index in [9.17, 15) is 0 Å². The second-order valence-corrected chi connectivity index (χ2v) is 4.33. The van der Waals surface area contributed by atoms with Crippen molar-refractivity contribution >= 4 is 14.8 Å². The molecule has 0 bridgehead atoms. The summed E-state index contributed by atoms with van der Waals surface area (Å²) in [6.45, 7) is 4.28. The molecular weight excluding hydrogens is 187 g/mol. The summed E-state index contributed by atoms with van der Waals surface area (Å²) in [6, 6.07) is 8.64. The Morgan fingerprint density at radius 1 is 1.29 bits per heavy atom. The molecule has 1 aromatic rings. The molecule has 0 heterocycles. The monoisotopic (exact) mass is 202 g/mol. The fraction of sp³-hybridized carbons (Fsp3) is 0.231. The van der Waals surface area contributed by atoms with Gasteiger partial charge in [0.15, 0.2) is 0 Å². The first-order valence-electron chi connectivity index (χ1n) is 4.94. The molecule has 2 unspecified atom stereocenters. The van der Waals surface area contributed by atoms with Gasteiger partial charge in [0.2, 0.25) is 0 Å². The highest BCUT2D eigenvalue weighted by molar-refractivity contribution is 7.17. The average Bonchev–Trinajstić information content (AvgIpc) is 2.45. The zero-order valence-corrected chi connectivity index (χ0v) is 9.77. The maximum atomic E-state index is 2.92. The Hall–Kier alpha value is -0.870. The zero-order valence-electron chi connectivity index (χ0n) is 8.62. The Kier molecular flexibility index (Phi) is 2.56. The van der Waals surface area contributed by atoms with Crippen molar-refractivity contribution in [2.75, 3.05) is 0 Å². The summed E-state index contributed by atoms with van der Waals surface area (Å²) in [5.74, 6) is 0. The fourth-order valence-corrected chi connectivity index (χ4v) is 2.48. The van der Waals surface area contributed by atoms with Crippen molar-refractivity contribution in [2.24, 2.45) is 0 Å². The summed E-state index contributed by atoms with van der Waals surface area (Å²) >= 11 is 0. The molecule has 14 heavy (non-hydrogen) atoms. The highest BCUT2D eigenvalue weighted by Gasteiger charge is 2.22. The van der Waals surface area contributed by atoms with E-state index in [4.69, 9.17) is 0 Å². The Morgan fingerprint density at radius 3 is 2.71 bits per heavy atom. The molecule has 1 aliphatic rings. The number of hydrogen-bond acceptors (Lipinski definition) is 0. The van der Waals surface area contributed by atoms with Crippen LogP contribution in [0.3, 0.4) is 0 Å². The minimum Gasteiger partial charge on any atom is -0.125 e. The molecule has 1 aromatic carbocycles. The van der Waals surface area contributed by atoms with Crippen LogP contribution < -0.4 is 0 Å². The molecule has 1 aliphatic carbocycles. The Balaban J connectivity index is 2.60. The maximum Gasteiger partial charge on any atom is 0.0205 e. The van der Waals surface area contributed by atoms with Gasteiger partial charge in [0.25, 0.3) is 0 Å². The third-order valence-electron chi connectivity index (χ3n) is 2.81. The Bertz CT molecular complexity index is 413. The third-order valence-corrected chi connectivity index (χ3v) is 3.67. The van der Waals surface area contributed by atoms with Gasteiger partial charge in [-0.3, -0.25) is 0 Å². The highest BCUT2D eigenvalue weighted by Crippen LogP contribution is 2.45. The lowest BCUT2D eigenvalue weighted by Gasteiger charge is -2.05. The van der Waals surface area contributed by atoms with Gasteiger partial charge in [-0.15, -0.1) is 9.24 Å². The first-order valence-corrected chi connectivity index (χ1v) is 5.60. The summed E-state index contributed by atoms with van der Waals surface area (Å²) in [7, 11) is 2.92. The van der Waals surface area contributed by atoms with E-state index in [-0.39, 0.29) is 0 Å². The van der Waals surface area contributed by atoms with Gasteiger partial charge in [-0.05, 0) is 30.5 Å². The molecule has 0 saturated carbocycles. The average molecular weight is 202 g/mol. The molecule has 2 atom stereocenters. The maximum absolute atomic E-state index is 2.92. The van der Waals surface area contributed by atoms with Crippen LogP contribution in [-0.4, -0.2) is 0 Å². The number of fused-ring (bicyclic) bond motifs is 1. The molecule has 0 radical (unpaired) electrons. The van der Waals surface area contributed by atoms with Crippen molar-refractivity contribution in [2.45, 2.75) is 19.5 Å². The second-order valence-electron chi connectivity index (χ2n) is 3.66. The van der Waals surface area contributed by atoms with E-state index in [0.717, 1.165) is 0 Å². The number of allylic oxidation sites excluding steroid dienone is 4. The molecule has 0 aromatic heterocycles. The molecule has 1 heteroatoms. The lowest BCUT2D eigenvalue weighted by molar-refractivity contribution is 1.16. The highest BCUT2D eigenvalue weighted by atomic mass is 31.0. The van der Waals surface area contributed by atoms with E-state index in [1.165, 1.54) is 22.3 Å². The van der Waals surface area contributed by atoms with Gasteiger partial charge >= 0.3 is 0 Å². The normalized spacial score (nSPS) is 20.6. The van der Waals surface area contributed by atoms with Gasteiger partial charge in [-0.2, -0.15) is 0 Å². The van der Waals surface area contributed by atoms with Gasteiger partial charge < -0.3 is 0 Å².